The molecule has 1 amide bonds. The standard InChI is InChI=1S/C15H20N2O4/c1-21-12(9-16)8-14(18)17-6-2-3-10-7-11(15(19)20)4-5-13(10)17/h4-5,7,12H,2-3,6,8-9,16H2,1H3,(H,19,20). The monoisotopic (exact) mass is 292 g/mol. The van der Waals surface area contributed by atoms with Gasteiger partial charge < -0.3 is 20.5 Å². The minimum absolute atomic E-state index is 0.0451. The Balaban J connectivity index is 2.21. The van der Waals surface area contributed by atoms with Gasteiger partial charge in [-0.15, -0.1) is 0 Å². The molecule has 1 atom stereocenters. The summed E-state index contributed by atoms with van der Waals surface area (Å²) in [5, 5.41) is 9.03. The predicted molar refractivity (Wildman–Crippen MR) is 78.5 cm³/mol. The highest BCUT2D eigenvalue weighted by molar-refractivity contribution is 5.96. The quantitative estimate of drug-likeness (QED) is 0.845. The summed E-state index contributed by atoms with van der Waals surface area (Å²) in [5.41, 5.74) is 7.49. The van der Waals surface area contributed by atoms with Crippen LogP contribution in [0.3, 0.4) is 0 Å². The van der Waals surface area contributed by atoms with Crippen LogP contribution in [0.15, 0.2) is 18.2 Å². The Morgan fingerprint density at radius 1 is 1.48 bits per heavy atom. The number of carboxylic acids is 1. The fraction of sp³-hybridized carbons (Fsp3) is 0.467. The molecule has 0 fully saturated rings. The molecule has 0 spiro atoms. The predicted octanol–water partition coefficient (Wildman–Crippen LogP) is 1.03. The van der Waals surface area contributed by atoms with Crippen molar-refractivity contribution in [3.05, 3.63) is 29.3 Å². The van der Waals surface area contributed by atoms with Gasteiger partial charge in [0.1, 0.15) is 0 Å². The van der Waals surface area contributed by atoms with Crippen LogP contribution < -0.4 is 10.6 Å². The zero-order valence-corrected chi connectivity index (χ0v) is 12.0. The first-order valence-electron chi connectivity index (χ1n) is 6.96. The van der Waals surface area contributed by atoms with E-state index in [1.54, 1.807) is 17.0 Å². The number of nitrogens with zero attached hydrogens (tertiary/aromatic N) is 1. The number of rotatable bonds is 5. The van der Waals surface area contributed by atoms with Crippen LogP contribution in [0.1, 0.15) is 28.8 Å². The van der Waals surface area contributed by atoms with Gasteiger partial charge in [0.05, 0.1) is 18.1 Å². The average molecular weight is 292 g/mol. The van der Waals surface area contributed by atoms with Crippen molar-refractivity contribution in [2.24, 2.45) is 5.73 Å². The van der Waals surface area contributed by atoms with Crippen LogP contribution in [0.25, 0.3) is 0 Å². The van der Waals surface area contributed by atoms with Gasteiger partial charge in [0.25, 0.3) is 0 Å². The van der Waals surface area contributed by atoms with Gasteiger partial charge in [0.15, 0.2) is 0 Å². The number of aromatic carboxylic acids is 1. The van der Waals surface area contributed by atoms with E-state index in [4.69, 9.17) is 15.6 Å². The zero-order chi connectivity index (χ0) is 15.4. The number of amides is 1. The topological polar surface area (TPSA) is 92.9 Å². The second-order valence-corrected chi connectivity index (χ2v) is 5.10. The number of carboxylic acid groups (broad SMARTS) is 1. The van der Waals surface area contributed by atoms with E-state index in [1.807, 2.05) is 0 Å². The first-order chi connectivity index (χ1) is 10.1. The normalized spacial score (nSPS) is 15.4. The van der Waals surface area contributed by atoms with Gasteiger partial charge in [-0.3, -0.25) is 4.79 Å². The summed E-state index contributed by atoms with van der Waals surface area (Å²) in [7, 11) is 1.54. The Kier molecular flexibility index (Phi) is 4.93. The smallest absolute Gasteiger partial charge is 0.335 e. The minimum atomic E-state index is -0.955. The van der Waals surface area contributed by atoms with Crippen LogP contribution >= 0.6 is 0 Å². The Morgan fingerprint density at radius 3 is 2.86 bits per heavy atom. The molecule has 0 saturated heterocycles. The molecule has 3 N–H and O–H groups in total. The number of aryl methyl sites for hydroxylation is 1. The number of hydrogen-bond acceptors (Lipinski definition) is 4. The molecule has 0 aliphatic carbocycles. The summed E-state index contributed by atoms with van der Waals surface area (Å²) in [4.78, 5) is 25.1. The number of anilines is 1. The fourth-order valence-corrected chi connectivity index (χ4v) is 2.56. The van der Waals surface area contributed by atoms with Crippen molar-refractivity contribution < 1.29 is 19.4 Å². The van der Waals surface area contributed by atoms with E-state index in [0.29, 0.717) is 13.1 Å². The van der Waals surface area contributed by atoms with Crippen molar-refractivity contribution in [2.45, 2.75) is 25.4 Å². The average Bonchev–Trinajstić information content (AvgIpc) is 2.51. The molecule has 0 bridgehead atoms. The van der Waals surface area contributed by atoms with Crippen molar-refractivity contribution in [3.8, 4) is 0 Å². The summed E-state index contributed by atoms with van der Waals surface area (Å²) in [6.45, 7) is 0.931. The van der Waals surface area contributed by atoms with E-state index in [0.717, 1.165) is 24.1 Å². The lowest BCUT2D eigenvalue weighted by atomic mass is 9.98. The van der Waals surface area contributed by atoms with Crippen LogP contribution in [0.2, 0.25) is 0 Å². The Bertz CT molecular complexity index is 540. The molecule has 0 saturated carbocycles. The second-order valence-electron chi connectivity index (χ2n) is 5.10. The lowest BCUT2D eigenvalue weighted by Gasteiger charge is -2.30. The van der Waals surface area contributed by atoms with Crippen LogP contribution in [0.4, 0.5) is 5.69 Å². The van der Waals surface area contributed by atoms with Gasteiger partial charge in [-0.1, -0.05) is 0 Å². The molecule has 1 aliphatic heterocycles. The van der Waals surface area contributed by atoms with Gasteiger partial charge in [-0.05, 0) is 36.6 Å². The van der Waals surface area contributed by atoms with Gasteiger partial charge in [-0.25, -0.2) is 4.79 Å². The van der Waals surface area contributed by atoms with Crippen LogP contribution in [0.5, 0.6) is 0 Å². The van der Waals surface area contributed by atoms with Crippen molar-refractivity contribution >= 4 is 17.6 Å². The molecular formula is C15H20N2O4. The first kappa shape index (κ1) is 15.5. The third-order valence-electron chi connectivity index (χ3n) is 3.74. The number of carbonyl (C=O) groups excluding carboxylic acids is 1. The maximum Gasteiger partial charge on any atom is 0.335 e. The molecule has 6 nitrogen and oxygen atoms in total. The van der Waals surface area contributed by atoms with E-state index in [1.165, 1.54) is 13.2 Å². The number of benzene rings is 1. The summed E-state index contributed by atoms with van der Waals surface area (Å²) >= 11 is 0. The van der Waals surface area contributed by atoms with Gasteiger partial charge >= 0.3 is 5.97 Å². The Hall–Kier alpha value is -1.92. The summed E-state index contributed by atoms with van der Waals surface area (Å²) < 4.78 is 5.15. The highest BCUT2D eigenvalue weighted by atomic mass is 16.5. The molecule has 114 valence electrons. The zero-order valence-electron chi connectivity index (χ0n) is 12.0. The molecule has 2 rings (SSSR count). The van der Waals surface area contributed by atoms with Gasteiger partial charge in [-0.2, -0.15) is 0 Å². The second kappa shape index (κ2) is 6.69. The van der Waals surface area contributed by atoms with Crippen molar-refractivity contribution in [1.82, 2.24) is 0 Å². The fourth-order valence-electron chi connectivity index (χ4n) is 2.56. The summed E-state index contributed by atoms with van der Waals surface area (Å²) in [5.74, 6) is -1.000. The Labute approximate surface area is 123 Å². The SMILES string of the molecule is COC(CN)CC(=O)N1CCCc2cc(C(=O)O)ccc21. The number of nitrogens with two attached hydrogens (primary N) is 1. The lowest BCUT2D eigenvalue weighted by molar-refractivity contribution is -0.120. The maximum absolute atomic E-state index is 12.4. The van der Waals surface area contributed by atoms with Crippen molar-refractivity contribution in [1.29, 1.82) is 0 Å². The van der Waals surface area contributed by atoms with E-state index in [9.17, 15) is 9.59 Å². The molecule has 0 radical (unpaired) electrons. The highest BCUT2D eigenvalue weighted by Crippen LogP contribution is 2.29. The minimum Gasteiger partial charge on any atom is -0.478 e. The summed E-state index contributed by atoms with van der Waals surface area (Å²) in [6, 6.07) is 4.89. The molecule has 6 heteroatoms. The van der Waals surface area contributed by atoms with Gasteiger partial charge in [0.2, 0.25) is 5.91 Å². The van der Waals surface area contributed by atoms with Crippen molar-refractivity contribution in [3.63, 3.8) is 0 Å². The summed E-state index contributed by atoms with van der Waals surface area (Å²) in [6.07, 6.45) is 1.54. The van der Waals surface area contributed by atoms with E-state index < -0.39 is 5.97 Å². The van der Waals surface area contributed by atoms with Gasteiger partial charge in [0, 0.05) is 25.9 Å². The third kappa shape index (κ3) is 3.40. The third-order valence-corrected chi connectivity index (χ3v) is 3.74. The maximum atomic E-state index is 12.4. The molecule has 0 aromatic heterocycles. The van der Waals surface area contributed by atoms with E-state index >= 15 is 0 Å². The number of carbonyl (C=O) groups is 2. The van der Waals surface area contributed by atoms with Crippen LogP contribution in [-0.2, 0) is 16.0 Å². The number of hydrogen-bond donors (Lipinski definition) is 2. The molecule has 21 heavy (non-hydrogen) atoms. The molecule has 1 unspecified atom stereocenters. The van der Waals surface area contributed by atoms with E-state index in [2.05, 4.69) is 0 Å². The Morgan fingerprint density at radius 2 is 2.24 bits per heavy atom. The molecule has 1 aromatic carbocycles. The number of methoxy groups -OCH3 is 1. The number of fused-ring (bicyclic) bond motifs is 1. The molecular weight excluding hydrogens is 272 g/mol. The molecule has 1 aromatic rings. The number of ether oxygens (including phenoxy) is 1. The largest absolute Gasteiger partial charge is 0.478 e. The molecule has 1 heterocycles. The first-order valence-corrected chi connectivity index (χ1v) is 6.96. The van der Waals surface area contributed by atoms with Crippen LogP contribution in [-0.4, -0.2) is 43.3 Å². The van der Waals surface area contributed by atoms with E-state index in [-0.39, 0.29) is 24.0 Å². The highest BCUT2D eigenvalue weighted by Gasteiger charge is 2.25. The van der Waals surface area contributed by atoms with Crippen molar-refractivity contribution in [2.75, 3.05) is 25.1 Å². The molecule has 1 aliphatic rings. The lowest BCUT2D eigenvalue weighted by Crippen LogP contribution is -2.39. The van der Waals surface area contributed by atoms with Crippen LogP contribution in [0, 0.1) is 0 Å².